The molecule has 158 valence electrons. The normalized spacial score (nSPS) is 21.8. The average Bonchev–Trinajstić information content (AvgIpc) is 3.28. The smallest absolute Gasteiger partial charge is 0.264 e. The number of hydrogen-bond acceptors (Lipinski definition) is 3. The van der Waals surface area contributed by atoms with Crippen LogP contribution < -0.4 is 9.62 Å². The fraction of sp³-hybridized carbons (Fsp3) is 0.231. The molecule has 0 radical (unpaired) electrons. The van der Waals surface area contributed by atoms with Crippen molar-refractivity contribution in [2.24, 2.45) is 5.92 Å². The van der Waals surface area contributed by atoms with Crippen LogP contribution in [0.5, 0.6) is 0 Å². The van der Waals surface area contributed by atoms with Crippen LogP contribution in [0.1, 0.15) is 35.1 Å². The SMILES string of the molecule is Cc1cccc(C2Nc3ccc(S(=O)(=O)N(C)c4ccccc4)cc3C3C=CCC32)c1. The zero-order valence-electron chi connectivity index (χ0n) is 17.7. The molecular formula is C26H26N2O2S. The highest BCUT2D eigenvalue weighted by molar-refractivity contribution is 7.92. The molecular weight excluding hydrogens is 404 g/mol. The van der Waals surface area contributed by atoms with Crippen molar-refractivity contribution >= 4 is 21.4 Å². The Labute approximate surface area is 184 Å². The zero-order chi connectivity index (χ0) is 21.6. The van der Waals surface area contributed by atoms with E-state index < -0.39 is 10.0 Å². The van der Waals surface area contributed by atoms with Crippen molar-refractivity contribution in [1.82, 2.24) is 0 Å². The van der Waals surface area contributed by atoms with Gasteiger partial charge in [0.25, 0.3) is 10.0 Å². The van der Waals surface area contributed by atoms with Crippen molar-refractivity contribution in [3.63, 3.8) is 0 Å². The molecule has 0 fully saturated rings. The summed E-state index contributed by atoms with van der Waals surface area (Å²) in [6.07, 6.45) is 5.45. The van der Waals surface area contributed by atoms with Crippen molar-refractivity contribution in [2.45, 2.75) is 30.2 Å². The van der Waals surface area contributed by atoms with E-state index in [1.807, 2.05) is 30.3 Å². The average molecular weight is 431 g/mol. The lowest BCUT2D eigenvalue weighted by Gasteiger charge is -2.38. The van der Waals surface area contributed by atoms with Gasteiger partial charge in [0.15, 0.2) is 0 Å². The van der Waals surface area contributed by atoms with Gasteiger partial charge in [0.1, 0.15) is 0 Å². The molecule has 3 unspecified atom stereocenters. The highest BCUT2D eigenvalue weighted by Gasteiger charge is 2.38. The second-order valence-electron chi connectivity index (χ2n) is 8.45. The summed E-state index contributed by atoms with van der Waals surface area (Å²) in [5.74, 6) is 0.582. The molecule has 1 heterocycles. The minimum atomic E-state index is -3.64. The number of allylic oxidation sites excluding steroid dienone is 2. The number of sulfonamides is 1. The predicted octanol–water partition coefficient (Wildman–Crippen LogP) is 5.65. The van der Waals surface area contributed by atoms with E-state index in [1.54, 1.807) is 25.2 Å². The number of rotatable bonds is 4. The molecule has 0 spiro atoms. The molecule has 3 aromatic rings. The third-order valence-corrected chi connectivity index (χ3v) is 8.30. The molecule has 0 bridgehead atoms. The van der Waals surface area contributed by atoms with E-state index in [2.05, 4.69) is 48.7 Å². The number of benzene rings is 3. The van der Waals surface area contributed by atoms with Crippen LogP contribution in [0.25, 0.3) is 0 Å². The van der Waals surface area contributed by atoms with Crippen LogP contribution in [0, 0.1) is 12.8 Å². The second kappa shape index (κ2) is 7.57. The van der Waals surface area contributed by atoms with Gasteiger partial charge in [0.05, 0.1) is 16.6 Å². The first-order valence-electron chi connectivity index (χ1n) is 10.6. The molecule has 0 aromatic heterocycles. The third-order valence-electron chi connectivity index (χ3n) is 6.51. The van der Waals surface area contributed by atoms with Crippen molar-refractivity contribution in [3.05, 3.63) is 102 Å². The first-order valence-corrected chi connectivity index (χ1v) is 12.1. The van der Waals surface area contributed by atoms with Gasteiger partial charge in [-0.3, -0.25) is 4.31 Å². The van der Waals surface area contributed by atoms with E-state index in [1.165, 1.54) is 15.4 Å². The topological polar surface area (TPSA) is 49.4 Å². The summed E-state index contributed by atoms with van der Waals surface area (Å²) in [7, 11) is -2.04. The van der Waals surface area contributed by atoms with Crippen LogP contribution in [0.4, 0.5) is 11.4 Å². The van der Waals surface area contributed by atoms with Gasteiger partial charge in [-0.25, -0.2) is 8.42 Å². The van der Waals surface area contributed by atoms with Gasteiger partial charge in [-0.05, 0) is 60.7 Å². The molecule has 0 saturated carbocycles. The van der Waals surface area contributed by atoms with Gasteiger partial charge in [-0.15, -0.1) is 0 Å². The van der Waals surface area contributed by atoms with Crippen molar-refractivity contribution in [1.29, 1.82) is 0 Å². The Morgan fingerprint density at radius 2 is 1.77 bits per heavy atom. The maximum Gasteiger partial charge on any atom is 0.264 e. The van der Waals surface area contributed by atoms with Gasteiger partial charge < -0.3 is 5.32 Å². The molecule has 2 aliphatic rings. The summed E-state index contributed by atoms with van der Waals surface area (Å²) < 4.78 is 28.0. The molecule has 0 saturated heterocycles. The Balaban J connectivity index is 1.53. The minimum absolute atomic E-state index is 0.207. The quantitative estimate of drug-likeness (QED) is 0.545. The molecule has 31 heavy (non-hydrogen) atoms. The van der Waals surface area contributed by atoms with Crippen LogP contribution in [0.2, 0.25) is 0 Å². The summed E-state index contributed by atoms with van der Waals surface area (Å²) in [5, 5.41) is 3.70. The highest BCUT2D eigenvalue weighted by Crippen LogP contribution is 2.50. The first-order chi connectivity index (χ1) is 14.9. The first kappa shape index (κ1) is 19.9. The van der Waals surface area contributed by atoms with E-state index >= 15 is 0 Å². The van der Waals surface area contributed by atoms with Gasteiger partial charge >= 0.3 is 0 Å². The summed E-state index contributed by atoms with van der Waals surface area (Å²) in [4.78, 5) is 0.326. The monoisotopic (exact) mass is 430 g/mol. The van der Waals surface area contributed by atoms with Gasteiger partial charge in [-0.1, -0.05) is 60.2 Å². The molecule has 3 atom stereocenters. The molecule has 3 aromatic carbocycles. The summed E-state index contributed by atoms with van der Waals surface area (Å²) in [6.45, 7) is 2.12. The number of aryl methyl sites for hydroxylation is 1. The Bertz CT molecular complexity index is 1250. The van der Waals surface area contributed by atoms with Crippen LogP contribution in [-0.4, -0.2) is 15.5 Å². The molecule has 4 nitrogen and oxygen atoms in total. The largest absolute Gasteiger partial charge is 0.378 e. The third kappa shape index (κ3) is 3.43. The summed E-state index contributed by atoms with van der Waals surface area (Å²) in [6, 6.07) is 23.5. The molecule has 5 rings (SSSR count). The molecule has 5 heteroatoms. The maximum atomic E-state index is 13.3. The number of nitrogens with one attached hydrogen (secondary N) is 1. The Hall–Kier alpha value is -3.05. The van der Waals surface area contributed by atoms with Crippen molar-refractivity contribution in [3.8, 4) is 0 Å². The van der Waals surface area contributed by atoms with Crippen molar-refractivity contribution in [2.75, 3.05) is 16.7 Å². The number of nitrogens with zero attached hydrogens (tertiary/aromatic N) is 1. The van der Waals surface area contributed by atoms with Gasteiger partial charge in [0, 0.05) is 18.7 Å². The number of anilines is 2. The summed E-state index contributed by atoms with van der Waals surface area (Å²) >= 11 is 0. The Morgan fingerprint density at radius 3 is 2.55 bits per heavy atom. The summed E-state index contributed by atoms with van der Waals surface area (Å²) in [5.41, 5.74) is 5.25. The van der Waals surface area contributed by atoms with E-state index in [-0.39, 0.29) is 12.0 Å². The van der Waals surface area contributed by atoms with Crippen molar-refractivity contribution < 1.29 is 8.42 Å². The van der Waals surface area contributed by atoms with Gasteiger partial charge in [0.2, 0.25) is 0 Å². The molecule has 0 amide bonds. The molecule has 1 N–H and O–H groups in total. The number of para-hydroxylation sites is 1. The second-order valence-corrected chi connectivity index (χ2v) is 10.4. The number of hydrogen-bond donors (Lipinski definition) is 1. The van der Waals surface area contributed by atoms with E-state index in [0.29, 0.717) is 16.5 Å². The van der Waals surface area contributed by atoms with Crippen LogP contribution in [0.15, 0.2) is 89.8 Å². The van der Waals surface area contributed by atoms with E-state index in [4.69, 9.17) is 0 Å². The molecule has 1 aliphatic heterocycles. The van der Waals surface area contributed by atoms with E-state index in [9.17, 15) is 8.42 Å². The minimum Gasteiger partial charge on any atom is -0.378 e. The Kier molecular flexibility index (Phi) is 4.86. The predicted molar refractivity (Wildman–Crippen MR) is 126 cm³/mol. The standard InChI is InChI=1S/C26H26N2O2S/c1-18-8-6-9-19(16-18)26-23-13-7-12-22(23)24-17-21(14-15-25(24)27-26)31(29,30)28(2)20-10-4-3-5-11-20/h3-12,14-17,22-23,26-27H,13H2,1-2H3. The fourth-order valence-electron chi connectivity index (χ4n) is 4.86. The highest BCUT2D eigenvalue weighted by atomic mass is 32.2. The Morgan fingerprint density at radius 1 is 0.968 bits per heavy atom. The lowest BCUT2D eigenvalue weighted by Crippen LogP contribution is -2.30. The maximum absolute atomic E-state index is 13.3. The van der Waals surface area contributed by atoms with E-state index in [0.717, 1.165) is 17.7 Å². The van der Waals surface area contributed by atoms with Crippen LogP contribution in [-0.2, 0) is 10.0 Å². The zero-order valence-corrected chi connectivity index (χ0v) is 18.5. The lowest BCUT2D eigenvalue weighted by atomic mass is 9.77. The molecule has 1 aliphatic carbocycles. The number of fused-ring (bicyclic) bond motifs is 3. The fourth-order valence-corrected chi connectivity index (χ4v) is 6.09. The van der Waals surface area contributed by atoms with Gasteiger partial charge in [-0.2, -0.15) is 0 Å². The lowest BCUT2D eigenvalue weighted by molar-refractivity contribution is 0.425. The van der Waals surface area contributed by atoms with Crippen LogP contribution in [0.3, 0.4) is 0 Å². The van der Waals surface area contributed by atoms with Crippen LogP contribution >= 0.6 is 0 Å².